The van der Waals surface area contributed by atoms with Gasteiger partial charge in [-0.05, 0) is 75.3 Å². The van der Waals surface area contributed by atoms with Crippen molar-refractivity contribution in [1.29, 1.82) is 0 Å². The largest absolute Gasteiger partial charge is 0.480 e. The summed E-state index contributed by atoms with van der Waals surface area (Å²) < 4.78 is 0. The van der Waals surface area contributed by atoms with Gasteiger partial charge < -0.3 is 68.4 Å². The lowest BCUT2D eigenvalue weighted by Gasteiger charge is -2.32. The molecular formula is C43H64N12O10. The number of carbonyl (C=O) groups is 8. The third-order valence-electron chi connectivity index (χ3n) is 12.1. The highest BCUT2D eigenvalue weighted by Crippen LogP contribution is 2.26. The minimum absolute atomic E-state index is 0.0340. The fourth-order valence-corrected chi connectivity index (χ4v) is 8.82. The van der Waals surface area contributed by atoms with Crippen molar-refractivity contribution in [1.82, 2.24) is 41.0 Å². The molecule has 3 aliphatic heterocycles. The molecular weight excluding hydrogens is 845 g/mol. The molecule has 5 rings (SSSR count). The summed E-state index contributed by atoms with van der Waals surface area (Å²) in [7, 11) is 0. The molecule has 13 N–H and O–H groups in total. The molecule has 3 aliphatic rings. The van der Waals surface area contributed by atoms with Crippen LogP contribution >= 0.6 is 0 Å². The Morgan fingerprint density at radius 3 is 2.09 bits per heavy atom. The lowest BCUT2D eigenvalue weighted by molar-refractivity contribution is -0.147. The number of aliphatic hydroxyl groups excluding tert-OH is 1. The van der Waals surface area contributed by atoms with Crippen LogP contribution in [0.15, 0.2) is 35.5 Å². The number of hydrogen-bond donors (Lipinski definition) is 10. The number of carboxylic acids is 1. The number of para-hydroxylation sites is 1. The molecule has 3 fully saturated rings. The number of rotatable bonds is 21. The maximum Gasteiger partial charge on any atom is 0.326 e. The van der Waals surface area contributed by atoms with E-state index in [4.69, 9.17) is 17.2 Å². The number of nitrogens with one attached hydrogen (secondary N) is 5. The minimum atomic E-state index is -1.52. The topological polar surface area (TPSA) is 341 Å². The predicted octanol–water partition coefficient (Wildman–Crippen LogP) is -2.24. The van der Waals surface area contributed by atoms with Gasteiger partial charge in [0.1, 0.15) is 36.3 Å². The average Bonchev–Trinajstić information content (AvgIpc) is 4.12. The summed E-state index contributed by atoms with van der Waals surface area (Å²) in [5.41, 5.74) is 18.3. The van der Waals surface area contributed by atoms with Crippen molar-refractivity contribution in [2.75, 3.05) is 39.3 Å². The third kappa shape index (κ3) is 12.9. The van der Waals surface area contributed by atoms with Crippen LogP contribution in [0.1, 0.15) is 77.2 Å². The molecule has 1 aromatic heterocycles. The Morgan fingerprint density at radius 2 is 1.45 bits per heavy atom. The van der Waals surface area contributed by atoms with Gasteiger partial charge in [-0.3, -0.25) is 38.6 Å². The number of benzene rings is 1. The first-order valence-corrected chi connectivity index (χ1v) is 22.3. The number of likely N-dealkylation sites (tertiary alicyclic amines) is 3. The number of fused-ring (bicyclic) bond motifs is 1. The van der Waals surface area contributed by atoms with Gasteiger partial charge in [0.15, 0.2) is 5.96 Å². The second-order valence-corrected chi connectivity index (χ2v) is 17.3. The Hall–Kier alpha value is -6.29. The predicted molar refractivity (Wildman–Crippen MR) is 237 cm³/mol. The minimum Gasteiger partial charge on any atom is -0.480 e. The number of aliphatic carboxylic acids is 1. The molecule has 0 unspecified atom stereocenters. The number of aliphatic hydroxyl groups is 1. The first-order valence-electron chi connectivity index (χ1n) is 22.3. The lowest BCUT2D eigenvalue weighted by Crippen LogP contribution is -2.59. The number of hydrogen-bond acceptors (Lipinski definition) is 11. The van der Waals surface area contributed by atoms with Crippen molar-refractivity contribution in [3.05, 3.63) is 36.0 Å². The van der Waals surface area contributed by atoms with Crippen molar-refractivity contribution in [2.45, 2.75) is 120 Å². The van der Waals surface area contributed by atoms with Gasteiger partial charge in [-0.15, -0.1) is 0 Å². The van der Waals surface area contributed by atoms with E-state index < -0.39 is 90.9 Å². The number of aliphatic imine (C=N–C) groups is 1. The fraction of sp³-hybridized carbons (Fsp3) is 0.605. The molecule has 0 radical (unpaired) electrons. The van der Waals surface area contributed by atoms with E-state index in [1.807, 2.05) is 32.0 Å². The van der Waals surface area contributed by atoms with Crippen LogP contribution in [-0.4, -0.2) is 165 Å². The van der Waals surface area contributed by atoms with E-state index in [0.717, 1.165) is 10.9 Å². The number of aromatic nitrogens is 1. The monoisotopic (exact) mass is 908 g/mol. The molecule has 7 atom stereocenters. The van der Waals surface area contributed by atoms with Crippen LogP contribution in [0.2, 0.25) is 0 Å². The summed E-state index contributed by atoms with van der Waals surface area (Å²) in [5, 5.41) is 31.1. The SMILES string of the molecule is CC(C)C[C@H](NC(=O)[C@@H]1CCCN1C(=O)[C@H](CO)NC(=O)[C@H](Cc1c[nH]c2ccccc12)NC(=O)CNC(=O)[C@@H]1CCCN1C(=O)[C@@H]1CCCN1C(=O)[C@@H](N)CCCN=C(N)N)C(=O)O. The summed E-state index contributed by atoms with van der Waals surface area (Å²) in [6, 6.07) is -0.326. The van der Waals surface area contributed by atoms with Crippen LogP contribution in [0.4, 0.5) is 0 Å². The Balaban J connectivity index is 1.22. The molecule has 7 amide bonds. The molecule has 4 heterocycles. The van der Waals surface area contributed by atoms with Crippen LogP contribution in [0, 0.1) is 5.92 Å². The summed E-state index contributed by atoms with van der Waals surface area (Å²) in [6.07, 6.45) is 5.05. The summed E-state index contributed by atoms with van der Waals surface area (Å²) in [5.74, 6) is -5.67. The Morgan fingerprint density at radius 1 is 0.815 bits per heavy atom. The summed E-state index contributed by atoms with van der Waals surface area (Å²) >= 11 is 0. The van der Waals surface area contributed by atoms with Gasteiger partial charge in [0.2, 0.25) is 41.4 Å². The van der Waals surface area contributed by atoms with Gasteiger partial charge in [-0.25, -0.2) is 4.79 Å². The van der Waals surface area contributed by atoms with Crippen molar-refractivity contribution >= 4 is 64.2 Å². The molecule has 356 valence electrons. The third-order valence-corrected chi connectivity index (χ3v) is 12.1. The Bertz CT molecular complexity index is 2090. The molecule has 2 aromatic rings. The van der Waals surface area contributed by atoms with Gasteiger partial charge in [0.25, 0.3) is 0 Å². The van der Waals surface area contributed by atoms with Crippen molar-refractivity contribution < 1.29 is 48.6 Å². The first kappa shape index (κ1) is 49.7. The van der Waals surface area contributed by atoms with E-state index in [1.165, 1.54) is 14.7 Å². The second-order valence-electron chi connectivity index (χ2n) is 17.3. The zero-order valence-corrected chi connectivity index (χ0v) is 37.0. The summed E-state index contributed by atoms with van der Waals surface area (Å²) in [4.78, 5) is 118. The van der Waals surface area contributed by atoms with Crippen molar-refractivity contribution in [3.8, 4) is 0 Å². The number of nitrogens with two attached hydrogens (primary N) is 3. The van der Waals surface area contributed by atoms with Crippen LogP contribution in [0.5, 0.6) is 0 Å². The van der Waals surface area contributed by atoms with Crippen LogP contribution in [-0.2, 0) is 44.8 Å². The van der Waals surface area contributed by atoms with Gasteiger partial charge in [0, 0.05) is 49.7 Å². The van der Waals surface area contributed by atoms with Gasteiger partial charge >= 0.3 is 5.97 Å². The van der Waals surface area contributed by atoms with E-state index in [2.05, 4.69) is 31.2 Å². The molecule has 0 spiro atoms. The molecule has 3 saturated heterocycles. The normalized spacial score (nSPS) is 20.2. The van der Waals surface area contributed by atoms with Crippen LogP contribution in [0.25, 0.3) is 10.9 Å². The number of aromatic amines is 1. The zero-order valence-electron chi connectivity index (χ0n) is 37.0. The van der Waals surface area contributed by atoms with Gasteiger partial charge in [-0.1, -0.05) is 32.0 Å². The highest BCUT2D eigenvalue weighted by Gasteiger charge is 2.43. The molecule has 65 heavy (non-hydrogen) atoms. The lowest BCUT2D eigenvalue weighted by atomic mass is 10.0. The van der Waals surface area contributed by atoms with Crippen LogP contribution in [0.3, 0.4) is 0 Å². The quantitative estimate of drug-likeness (QED) is 0.0360. The Kier molecular flexibility index (Phi) is 17.6. The molecule has 1 aromatic carbocycles. The highest BCUT2D eigenvalue weighted by atomic mass is 16.4. The number of carbonyl (C=O) groups excluding carboxylic acids is 7. The van der Waals surface area contributed by atoms with E-state index in [9.17, 15) is 48.6 Å². The van der Waals surface area contributed by atoms with Crippen molar-refractivity contribution in [2.24, 2.45) is 28.1 Å². The molecule has 22 heteroatoms. The maximum atomic E-state index is 14.0. The van der Waals surface area contributed by atoms with E-state index >= 15 is 0 Å². The highest BCUT2D eigenvalue weighted by molar-refractivity contribution is 5.98. The first-order chi connectivity index (χ1) is 31.0. The van der Waals surface area contributed by atoms with E-state index in [0.29, 0.717) is 63.6 Å². The Labute approximate surface area is 376 Å². The average molecular weight is 909 g/mol. The maximum absolute atomic E-state index is 14.0. The fourth-order valence-electron chi connectivity index (χ4n) is 8.82. The van der Waals surface area contributed by atoms with Crippen LogP contribution < -0.4 is 38.5 Å². The van der Waals surface area contributed by atoms with Gasteiger partial charge in [-0.2, -0.15) is 0 Å². The summed E-state index contributed by atoms with van der Waals surface area (Å²) in [6.45, 7) is 3.26. The standard InChI is InChI=1S/C43H64N12O10/c1-24(2)19-30(42(64)65)51-38(60)33-13-7-16-53(33)40(62)31(23-56)52-36(58)29(20-25-21-48-28-11-4-3-9-26(25)28)50-35(57)22-49-37(59)32-12-6-17-54(32)41(63)34-14-8-18-55(34)39(61)27(44)10-5-15-47-43(45)46/h3-4,9,11,21,24,27,29-34,48,56H,5-8,10,12-20,22-23,44H2,1-2H3,(H,49,59)(H,50,57)(H,51,60)(H,52,58)(H,64,65)(H4,45,46,47)/t27-,29-,30-,31-,32-,33-,34-/m0/s1. The van der Waals surface area contributed by atoms with Crippen molar-refractivity contribution in [3.63, 3.8) is 0 Å². The number of H-pyrrole nitrogens is 1. The van der Waals surface area contributed by atoms with Gasteiger partial charge in [0.05, 0.1) is 19.2 Å². The molecule has 22 nitrogen and oxygen atoms in total. The number of guanidine groups is 1. The molecule has 0 aliphatic carbocycles. The van der Waals surface area contributed by atoms with E-state index in [1.54, 1.807) is 12.3 Å². The number of nitrogens with zero attached hydrogens (tertiary/aromatic N) is 4. The second kappa shape index (κ2) is 23.1. The smallest absolute Gasteiger partial charge is 0.326 e. The number of carboxylic acid groups (broad SMARTS) is 1. The molecule has 0 saturated carbocycles. The zero-order chi connectivity index (χ0) is 47.4. The number of amides is 7. The van der Waals surface area contributed by atoms with E-state index in [-0.39, 0.29) is 56.0 Å². The molecule has 0 bridgehead atoms.